The molecule has 0 atom stereocenters. The normalized spacial score (nSPS) is 11.3. The van der Waals surface area contributed by atoms with Crippen molar-refractivity contribution in [1.29, 1.82) is 0 Å². The summed E-state index contributed by atoms with van der Waals surface area (Å²) in [5.41, 5.74) is 2.85. The van der Waals surface area contributed by atoms with Crippen LogP contribution in [0.4, 0.5) is 0 Å². The van der Waals surface area contributed by atoms with Crippen molar-refractivity contribution < 1.29 is 4.79 Å². The van der Waals surface area contributed by atoms with Crippen LogP contribution in [0.15, 0.2) is 24.4 Å². The van der Waals surface area contributed by atoms with Gasteiger partial charge in [0.05, 0.1) is 10.2 Å². The minimum atomic E-state index is 0.492. The van der Waals surface area contributed by atoms with Gasteiger partial charge in [0.25, 0.3) is 0 Å². The van der Waals surface area contributed by atoms with Crippen molar-refractivity contribution in [2.75, 3.05) is 0 Å². The molecule has 1 aromatic carbocycles. The number of aldehydes is 1. The van der Waals surface area contributed by atoms with Crippen LogP contribution < -0.4 is 0 Å². The Morgan fingerprint density at radius 1 is 1.47 bits per heavy atom. The summed E-state index contributed by atoms with van der Waals surface area (Å²) in [5.74, 6) is 0. The second-order valence-electron chi connectivity index (χ2n) is 3.46. The summed E-state index contributed by atoms with van der Waals surface area (Å²) in [6.07, 6.45) is 2.57. The fourth-order valence-electron chi connectivity index (χ4n) is 1.79. The Hall–Kier alpha value is -1.68. The van der Waals surface area contributed by atoms with E-state index in [-0.39, 0.29) is 0 Å². The number of imidazole rings is 1. The van der Waals surface area contributed by atoms with Crippen LogP contribution in [0.25, 0.3) is 15.2 Å². The average molecular weight is 216 g/mol. The molecule has 0 spiro atoms. The molecule has 0 saturated carbocycles. The van der Waals surface area contributed by atoms with E-state index in [4.69, 9.17) is 0 Å². The Kier molecular flexibility index (Phi) is 1.67. The molecule has 3 nitrogen and oxygen atoms in total. The molecule has 2 heterocycles. The molecule has 0 radical (unpaired) electrons. The van der Waals surface area contributed by atoms with Crippen LogP contribution in [-0.2, 0) is 0 Å². The van der Waals surface area contributed by atoms with Gasteiger partial charge in [0.2, 0.25) is 0 Å². The quantitative estimate of drug-likeness (QED) is 0.586. The maximum Gasteiger partial charge on any atom is 0.195 e. The van der Waals surface area contributed by atoms with Gasteiger partial charge in [0, 0.05) is 6.20 Å². The summed E-state index contributed by atoms with van der Waals surface area (Å²) < 4.78 is 3.19. The Labute approximate surface area is 90.0 Å². The highest BCUT2D eigenvalue weighted by molar-refractivity contribution is 7.23. The molecule has 0 fully saturated rings. The minimum Gasteiger partial charge on any atom is -0.296 e. The zero-order valence-electron chi connectivity index (χ0n) is 8.10. The van der Waals surface area contributed by atoms with Crippen molar-refractivity contribution in [3.05, 3.63) is 35.7 Å². The minimum absolute atomic E-state index is 0.492. The summed E-state index contributed by atoms with van der Waals surface area (Å²) in [7, 11) is 0. The van der Waals surface area contributed by atoms with Crippen molar-refractivity contribution in [2.45, 2.75) is 6.92 Å². The summed E-state index contributed by atoms with van der Waals surface area (Å²) in [6, 6.07) is 6.17. The number of thiazole rings is 1. The third-order valence-corrected chi connectivity index (χ3v) is 3.48. The fourth-order valence-corrected chi connectivity index (χ4v) is 2.88. The molecular formula is C11H8N2OS. The van der Waals surface area contributed by atoms with Gasteiger partial charge in [0.15, 0.2) is 11.2 Å². The molecule has 0 aliphatic rings. The summed E-state index contributed by atoms with van der Waals surface area (Å²) in [5, 5.41) is 0. The lowest BCUT2D eigenvalue weighted by Gasteiger charge is -1.95. The van der Waals surface area contributed by atoms with Crippen LogP contribution in [0.1, 0.15) is 16.1 Å². The molecule has 0 unspecified atom stereocenters. The van der Waals surface area contributed by atoms with E-state index in [1.54, 1.807) is 17.5 Å². The Morgan fingerprint density at radius 2 is 2.33 bits per heavy atom. The highest BCUT2D eigenvalue weighted by Gasteiger charge is 2.09. The first kappa shape index (κ1) is 8.61. The first-order valence-corrected chi connectivity index (χ1v) is 5.43. The number of rotatable bonds is 1. The molecule has 0 aliphatic heterocycles. The molecule has 74 valence electrons. The van der Waals surface area contributed by atoms with Crippen molar-refractivity contribution in [1.82, 2.24) is 9.38 Å². The lowest BCUT2D eigenvalue weighted by molar-refractivity contribution is 0.111. The molecule has 0 N–H and O–H groups in total. The van der Waals surface area contributed by atoms with Crippen molar-refractivity contribution in [3.63, 3.8) is 0 Å². The molecule has 3 rings (SSSR count). The Balaban J connectivity index is 2.53. The van der Waals surface area contributed by atoms with Gasteiger partial charge in [-0.3, -0.25) is 9.20 Å². The fraction of sp³-hybridized carbons (Fsp3) is 0.0909. The van der Waals surface area contributed by atoms with Gasteiger partial charge in [-0.1, -0.05) is 23.5 Å². The van der Waals surface area contributed by atoms with Crippen LogP contribution in [0.2, 0.25) is 0 Å². The molecule has 0 aliphatic carbocycles. The van der Waals surface area contributed by atoms with E-state index in [0.29, 0.717) is 5.69 Å². The molecule has 0 saturated heterocycles. The van der Waals surface area contributed by atoms with Crippen LogP contribution in [0.5, 0.6) is 0 Å². The predicted molar refractivity (Wildman–Crippen MR) is 60.7 cm³/mol. The molecule has 0 bridgehead atoms. The van der Waals surface area contributed by atoms with Gasteiger partial charge in [-0.25, -0.2) is 4.98 Å². The topological polar surface area (TPSA) is 34.4 Å². The Bertz CT molecular complexity index is 666. The van der Waals surface area contributed by atoms with E-state index in [1.807, 2.05) is 10.5 Å². The van der Waals surface area contributed by atoms with Crippen LogP contribution in [0, 0.1) is 6.92 Å². The van der Waals surface area contributed by atoms with Crippen LogP contribution >= 0.6 is 11.3 Å². The van der Waals surface area contributed by atoms with Crippen molar-refractivity contribution in [2.24, 2.45) is 0 Å². The number of hydrogen-bond donors (Lipinski definition) is 0. The first-order valence-electron chi connectivity index (χ1n) is 4.62. The second-order valence-corrected chi connectivity index (χ2v) is 4.47. The first-order chi connectivity index (χ1) is 7.29. The lowest BCUT2D eigenvalue weighted by Crippen LogP contribution is -1.81. The van der Waals surface area contributed by atoms with E-state index >= 15 is 0 Å². The largest absolute Gasteiger partial charge is 0.296 e. The number of aromatic nitrogens is 2. The van der Waals surface area contributed by atoms with E-state index in [0.717, 1.165) is 16.8 Å². The van der Waals surface area contributed by atoms with Gasteiger partial charge < -0.3 is 0 Å². The monoisotopic (exact) mass is 216 g/mol. The van der Waals surface area contributed by atoms with Gasteiger partial charge in [0.1, 0.15) is 5.69 Å². The van der Waals surface area contributed by atoms with E-state index < -0.39 is 0 Å². The zero-order chi connectivity index (χ0) is 10.4. The third kappa shape index (κ3) is 1.11. The zero-order valence-corrected chi connectivity index (χ0v) is 8.91. The lowest BCUT2D eigenvalue weighted by atomic mass is 10.2. The smallest absolute Gasteiger partial charge is 0.195 e. The number of aryl methyl sites for hydroxylation is 1. The second kappa shape index (κ2) is 2.90. The molecule has 0 amide bonds. The molecule has 3 aromatic rings. The molecular weight excluding hydrogens is 208 g/mol. The van der Waals surface area contributed by atoms with Crippen molar-refractivity contribution >= 4 is 32.8 Å². The number of hydrogen-bond acceptors (Lipinski definition) is 3. The van der Waals surface area contributed by atoms with Gasteiger partial charge in [-0.05, 0) is 18.6 Å². The predicted octanol–water partition coefficient (Wildman–Crippen LogP) is 2.67. The summed E-state index contributed by atoms with van der Waals surface area (Å²) in [4.78, 5) is 15.7. The van der Waals surface area contributed by atoms with Crippen molar-refractivity contribution in [3.8, 4) is 0 Å². The highest BCUT2D eigenvalue weighted by Crippen LogP contribution is 2.28. The maximum absolute atomic E-state index is 10.6. The SMILES string of the molecule is Cc1cccc2sc3nc(C=O)cn3c12. The van der Waals surface area contributed by atoms with E-state index in [1.165, 1.54) is 10.3 Å². The van der Waals surface area contributed by atoms with E-state index in [2.05, 4.69) is 24.0 Å². The average Bonchev–Trinajstić information content (AvgIpc) is 2.73. The number of nitrogens with zero attached hydrogens (tertiary/aromatic N) is 2. The molecule has 4 heteroatoms. The highest BCUT2D eigenvalue weighted by atomic mass is 32.1. The number of benzene rings is 1. The number of fused-ring (bicyclic) bond motifs is 3. The number of carbonyl (C=O) groups excluding carboxylic acids is 1. The van der Waals surface area contributed by atoms with Crippen LogP contribution in [-0.4, -0.2) is 15.7 Å². The summed E-state index contributed by atoms with van der Waals surface area (Å²) in [6.45, 7) is 2.06. The van der Waals surface area contributed by atoms with Gasteiger partial charge in [-0.2, -0.15) is 0 Å². The summed E-state index contributed by atoms with van der Waals surface area (Å²) >= 11 is 1.60. The maximum atomic E-state index is 10.6. The number of carbonyl (C=O) groups is 1. The van der Waals surface area contributed by atoms with E-state index in [9.17, 15) is 4.79 Å². The number of para-hydroxylation sites is 1. The third-order valence-electron chi connectivity index (χ3n) is 2.46. The Morgan fingerprint density at radius 3 is 3.13 bits per heavy atom. The van der Waals surface area contributed by atoms with Crippen LogP contribution in [0.3, 0.4) is 0 Å². The molecule has 2 aromatic heterocycles. The van der Waals surface area contributed by atoms with Gasteiger partial charge in [-0.15, -0.1) is 0 Å². The van der Waals surface area contributed by atoms with Gasteiger partial charge >= 0.3 is 0 Å². The molecule has 15 heavy (non-hydrogen) atoms. The standard InChI is InChI=1S/C11H8N2OS/c1-7-3-2-4-9-10(7)13-5-8(6-14)12-11(13)15-9/h2-6H,1H3.